The number of nitrogens with zero attached hydrogens (tertiary/aromatic N) is 1. The number of aromatic nitrogens is 3. The van der Waals surface area contributed by atoms with Crippen LogP contribution in [-0.4, -0.2) is 15.0 Å². The van der Waals surface area contributed by atoms with E-state index < -0.39 is 22.9 Å². The van der Waals surface area contributed by atoms with Gasteiger partial charge in [-0.25, -0.2) is 18.6 Å². The lowest BCUT2D eigenvalue weighted by molar-refractivity contribution is 0.583. The summed E-state index contributed by atoms with van der Waals surface area (Å²) in [4.78, 5) is 32.4. The molecule has 0 atom stereocenters. The van der Waals surface area contributed by atoms with Crippen LogP contribution in [0, 0.1) is 18.6 Å². The molecular weight excluding hydrogens is 316 g/mol. The van der Waals surface area contributed by atoms with Crippen LogP contribution in [0.1, 0.15) is 29.9 Å². The topological polar surface area (TPSA) is 78.6 Å². The lowest BCUT2D eigenvalue weighted by Crippen LogP contribution is -2.23. The third kappa shape index (κ3) is 2.24. The number of hydrogen-bond acceptors (Lipinski definition) is 3. The Kier molecular flexibility index (Phi) is 3.13. The van der Waals surface area contributed by atoms with Gasteiger partial charge >= 0.3 is 5.69 Å². The first-order chi connectivity index (χ1) is 11.5. The van der Waals surface area contributed by atoms with E-state index >= 15 is 0 Å². The van der Waals surface area contributed by atoms with Gasteiger partial charge in [-0.05, 0) is 48.9 Å². The van der Waals surface area contributed by atoms with Crippen molar-refractivity contribution in [1.82, 2.24) is 15.0 Å². The molecule has 1 saturated carbocycles. The Morgan fingerprint density at radius 1 is 1.17 bits per heavy atom. The number of aryl methyl sites for hydroxylation is 1. The maximum Gasteiger partial charge on any atom is 0.326 e. The Bertz CT molecular complexity index is 1100. The molecule has 2 aromatic heterocycles. The van der Waals surface area contributed by atoms with Gasteiger partial charge in [0.25, 0.3) is 5.56 Å². The van der Waals surface area contributed by atoms with Crippen molar-refractivity contribution in [3.8, 4) is 11.3 Å². The van der Waals surface area contributed by atoms with Gasteiger partial charge in [-0.2, -0.15) is 0 Å². The minimum Gasteiger partial charge on any atom is -0.305 e. The summed E-state index contributed by atoms with van der Waals surface area (Å²) in [5, 5.41) is 0. The Hall–Kier alpha value is -2.83. The molecule has 1 aromatic carbocycles. The summed E-state index contributed by atoms with van der Waals surface area (Å²) >= 11 is 0. The lowest BCUT2D eigenvalue weighted by atomic mass is 10.0. The summed E-state index contributed by atoms with van der Waals surface area (Å²) in [7, 11) is 0. The van der Waals surface area contributed by atoms with E-state index in [2.05, 4.69) is 15.0 Å². The molecule has 1 aliphatic carbocycles. The zero-order valence-electron chi connectivity index (χ0n) is 12.7. The molecule has 7 heteroatoms. The third-order valence-electron chi connectivity index (χ3n) is 4.29. The highest BCUT2D eigenvalue weighted by atomic mass is 19.1. The van der Waals surface area contributed by atoms with E-state index in [9.17, 15) is 18.4 Å². The number of hydrogen-bond donors (Lipinski definition) is 2. The molecule has 3 aromatic rings. The summed E-state index contributed by atoms with van der Waals surface area (Å²) in [5.74, 6) is -1.29. The highest BCUT2D eigenvalue weighted by Crippen LogP contribution is 2.43. The summed E-state index contributed by atoms with van der Waals surface area (Å²) in [5.41, 5.74) is -0.208. The van der Waals surface area contributed by atoms with Crippen molar-refractivity contribution in [2.45, 2.75) is 25.7 Å². The lowest BCUT2D eigenvalue weighted by Gasteiger charge is -2.11. The highest BCUT2D eigenvalue weighted by Gasteiger charge is 2.28. The van der Waals surface area contributed by atoms with E-state index in [0.717, 1.165) is 12.8 Å². The molecule has 0 aliphatic heterocycles. The smallest absolute Gasteiger partial charge is 0.305 e. The molecule has 1 aliphatic rings. The molecule has 122 valence electrons. The number of benzene rings is 1. The van der Waals surface area contributed by atoms with Gasteiger partial charge < -0.3 is 4.98 Å². The molecule has 5 nitrogen and oxygen atoms in total. The molecular formula is C17H13F2N3O2. The fourth-order valence-electron chi connectivity index (χ4n) is 2.90. The molecule has 0 radical (unpaired) electrons. The van der Waals surface area contributed by atoms with Crippen molar-refractivity contribution >= 4 is 11.0 Å². The van der Waals surface area contributed by atoms with Crippen LogP contribution in [0.2, 0.25) is 0 Å². The predicted octanol–water partition coefficient (Wildman–Crippen LogP) is 2.74. The van der Waals surface area contributed by atoms with Gasteiger partial charge in [-0.1, -0.05) is 6.07 Å². The maximum absolute atomic E-state index is 14.4. The first kappa shape index (κ1) is 14.7. The fraction of sp³-hybridized carbons (Fsp3) is 0.235. The normalized spacial score (nSPS) is 14.3. The van der Waals surface area contributed by atoms with E-state index in [0.29, 0.717) is 11.1 Å². The van der Waals surface area contributed by atoms with E-state index in [-0.39, 0.29) is 28.3 Å². The van der Waals surface area contributed by atoms with Gasteiger partial charge in [0, 0.05) is 0 Å². The van der Waals surface area contributed by atoms with Crippen LogP contribution < -0.4 is 11.2 Å². The zero-order chi connectivity index (χ0) is 17.0. The van der Waals surface area contributed by atoms with E-state index in [1.54, 1.807) is 6.07 Å². The van der Waals surface area contributed by atoms with Gasteiger partial charge in [0.15, 0.2) is 5.52 Å². The summed E-state index contributed by atoms with van der Waals surface area (Å²) in [6, 6.07) is 4.09. The largest absolute Gasteiger partial charge is 0.326 e. The Morgan fingerprint density at radius 3 is 2.62 bits per heavy atom. The number of halogens is 2. The molecule has 2 N–H and O–H groups in total. The molecule has 4 rings (SSSR count). The van der Waals surface area contributed by atoms with Crippen molar-refractivity contribution in [1.29, 1.82) is 0 Å². The van der Waals surface area contributed by atoms with Crippen LogP contribution in [0.3, 0.4) is 0 Å². The van der Waals surface area contributed by atoms with Crippen molar-refractivity contribution in [3.63, 3.8) is 0 Å². The second-order valence-corrected chi connectivity index (χ2v) is 6.06. The van der Waals surface area contributed by atoms with E-state index in [1.807, 2.05) is 0 Å². The van der Waals surface area contributed by atoms with Crippen LogP contribution in [-0.2, 0) is 0 Å². The Labute approximate surface area is 134 Å². The van der Waals surface area contributed by atoms with Crippen molar-refractivity contribution in [2.24, 2.45) is 0 Å². The van der Waals surface area contributed by atoms with Crippen LogP contribution >= 0.6 is 0 Å². The first-order valence-corrected chi connectivity index (χ1v) is 7.58. The molecule has 0 saturated heterocycles. The van der Waals surface area contributed by atoms with Gasteiger partial charge in [-0.3, -0.25) is 9.78 Å². The zero-order valence-corrected chi connectivity index (χ0v) is 12.7. The second kappa shape index (κ2) is 5.09. The maximum atomic E-state index is 14.4. The van der Waals surface area contributed by atoms with E-state index in [4.69, 9.17) is 0 Å². The molecule has 1 fully saturated rings. The number of pyridine rings is 1. The molecule has 2 heterocycles. The average molecular weight is 329 g/mol. The van der Waals surface area contributed by atoms with Crippen LogP contribution in [0.4, 0.5) is 8.78 Å². The van der Waals surface area contributed by atoms with E-state index in [1.165, 1.54) is 19.1 Å². The van der Waals surface area contributed by atoms with Crippen LogP contribution in [0.15, 0.2) is 27.8 Å². The molecule has 0 bridgehead atoms. The standard InChI is InChI=1S/C17H13F2N3O2/c1-7-2-5-10(18)12(13(7)19)11-6-9(8-3-4-8)14-15(20-11)16(23)22-17(24)21-14/h2,5-6,8H,3-4H2,1H3,(H2,21,22,23,24). The number of aromatic amines is 2. The molecule has 0 amide bonds. The minimum atomic E-state index is -0.743. The van der Waals surface area contributed by atoms with Gasteiger partial charge in [-0.15, -0.1) is 0 Å². The summed E-state index contributed by atoms with van der Waals surface area (Å²) < 4.78 is 28.6. The Morgan fingerprint density at radius 2 is 1.92 bits per heavy atom. The quantitative estimate of drug-likeness (QED) is 0.759. The highest BCUT2D eigenvalue weighted by molar-refractivity contribution is 5.82. The SMILES string of the molecule is Cc1ccc(F)c(-c2cc(C3CC3)c3[nH]c(=O)[nH]c(=O)c3n2)c1F. The van der Waals surface area contributed by atoms with Crippen molar-refractivity contribution in [3.05, 3.63) is 61.8 Å². The number of rotatable bonds is 2. The number of nitrogens with one attached hydrogen (secondary N) is 2. The molecule has 0 unspecified atom stereocenters. The third-order valence-corrected chi connectivity index (χ3v) is 4.29. The second-order valence-electron chi connectivity index (χ2n) is 6.06. The number of fused-ring (bicyclic) bond motifs is 1. The van der Waals surface area contributed by atoms with Gasteiger partial charge in [0.05, 0.1) is 16.8 Å². The molecule has 24 heavy (non-hydrogen) atoms. The summed E-state index contributed by atoms with van der Waals surface area (Å²) in [6.45, 7) is 1.53. The first-order valence-electron chi connectivity index (χ1n) is 7.58. The monoisotopic (exact) mass is 329 g/mol. The average Bonchev–Trinajstić information content (AvgIpc) is 3.36. The fourth-order valence-corrected chi connectivity index (χ4v) is 2.90. The van der Waals surface area contributed by atoms with Gasteiger partial charge in [0.2, 0.25) is 0 Å². The van der Waals surface area contributed by atoms with Gasteiger partial charge in [0.1, 0.15) is 11.6 Å². The van der Waals surface area contributed by atoms with Crippen molar-refractivity contribution < 1.29 is 8.78 Å². The summed E-state index contributed by atoms with van der Waals surface area (Å²) in [6.07, 6.45) is 1.79. The van der Waals surface area contributed by atoms with Crippen LogP contribution in [0.5, 0.6) is 0 Å². The van der Waals surface area contributed by atoms with Crippen LogP contribution in [0.25, 0.3) is 22.3 Å². The number of H-pyrrole nitrogens is 2. The van der Waals surface area contributed by atoms with Crippen molar-refractivity contribution in [2.75, 3.05) is 0 Å². The Balaban J connectivity index is 2.10. The minimum absolute atomic E-state index is 0.0192. The predicted molar refractivity (Wildman–Crippen MR) is 85.0 cm³/mol. The molecule has 0 spiro atoms.